The van der Waals surface area contributed by atoms with Gasteiger partial charge in [-0.3, -0.25) is 0 Å². The van der Waals surface area contributed by atoms with Crippen LogP contribution in [0.2, 0.25) is 0 Å². The van der Waals surface area contributed by atoms with E-state index in [0.717, 1.165) is 11.1 Å². The van der Waals surface area contributed by atoms with Crippen LogP contribution < -0.4 is 4.74 Å². The Labute approximate surface area is 79.2 Å². The Balaban J connectivity index is 3.27. The summed E-state index contributed by atoms with van der Waals surface area (Å²) in [7, 11) is 1.58. The molecule has 0 bridgehead atoms. The van der Waals surface area contributed by atoms with Gasteiger partial charge in [0.1, 0.15) is 0 Å². The molecule has 1 rings (SSSR count). The monoisotopic (exact) mass is 180 g/mol. The number of aromatic hydroxyl groups is 1. The number of hydrogen-bond donors (Lipinski definition) is 1. The molecule has 0 saturated carbocycles. The maximum Gasteiger partial charge on any atom is 0.163 e. The van der Waals surface area contributed by atoms with Crippen molar-refractivity contribution in [2.24, 2.45) is 0 Å². The van der Waals surface area contributed by atoms with Crippen molar-refractivity contribution < 1.29 is 9.84 Å². The van der Waals surface area contributed by atoms with Gasteiger partial charge >= 0.3 is 0 Å². The second-order valence-corrected chi connectivity index (χ2v) is 3.51. The van der Waals surface area contributed by atoms with Crippen LogP contribution in [0.5, 0.6) is 11.5 Å². The summed E-state index contributed by atoms with van der Waals surface area (Å²) in [5, 5.41) is 9.82. The number of rotatable bonds is 2. The fraction of sp³-hybridized carbons (Fsp3) is 0.455. The normalized spacial score (nSPS) is 10.5. The quantitative estimate of drug-likeness (QED) is 0.758. The van der Waals surface area contributed by atoms with E-state index in [1.165, 1.54) is 0 Å². The van der Waals surface area contributed by atoms with Gasteiger partial charge in [0.05, 0.1) is 7.11 Å². The summed E-state index contributed by atoms with van der Waals surface area (Å²) >= 11 is 0. The van der Waals surface area contributed by atoms with Crippen molar-refractivity contribution in [1.82, 2.24) is 0 Å². The third kappa shape index (κ3) is 1.77. The van der Waals surface area contributed by atoms with Crippen LogP contribution in [0.1, 0.15) is 30.9 Å². The van der Waals surface area contributed by atoms with E-state index in [-0.39, 0.29) is 5.75 Å². The first-order chi connectivity index (χ1) is 6.07. The molecule has 0 unspecified atom stereocenters. The molecule has 13 heavy (non-hydrogen) atoms. The van der Waals surface area contributed by atoms with Gasteiger partial charge in [0.15, 0.2) is 11.5 Å². The number of methoxy groups -OCH3 is 1. The van der Waals surface area contributed by atoms with E-state index in [0.29, 0.717) is 11.7 Å². The van der Waals surface area contributed by atoms with Gasteiger partial charge in [0, 0.05) is 5.56 Å². The highest BCUT2D eigenvalue weighted by atomic mass is 16.5. The highest BCUT2D eigenvalue weighted by Gasteiger charge is 2.12. The van der Waals surface area contributed by atoms with Crippen molar-refractivity contribution in [3.8, 4) is 11.5 Å². The standard InChI is InChI=1S/C11H16O2/c1-7(2)9-6-5-8(3)11(13-4)10(9)12/h5-7,12H,1-4H3. The Kier molecular flexibility index (Phi) is 2.81. The summed E-state index contributed by atoms with van der Waals surface area (Å²) in [4.78, 5) is 0. The molecule has 1 N–H and O–H groups in total. The summed E-state index contributed by atoms with van der Waals surface area (Å²) in [6.07, 6.45) is 0. The van der Waals surface area contributed by atoms with Crippen LogP contribution in [0.25, 0.3) is 0 Å². The van der Waals surface area contributed by atoms with Crippen LogP contribution in [0.15, 0.2) is 12.1 Å². The number of benzene rings is 1. The van der Waals surface area contributed by atoms with Crippen molar-refractivity contribution in [3.63, 3.8) is 0 Å². The molecule has 0 aliphatic heterocycles. The zero-order valence-corrected chi connectivity index (χ0v) is 8.59. The molecule has 72 valence electrons. The first kappa shape index (κ1) is 9.90. The molecule has 0 amide bonds. The molecule has 1 aromatic carbocycles. The predicted octanol–water partition coefficient (Wildman–Crippen LogP) is 2.83. The maximum absolute atomic E-state index is 9.82. The first-order valence-corrected chi connectivity index (χ1v) is 4.44. The summed E-state index contributed by atoms with van der Waals surface area (Å²) in [6.45, 7) is 6.01. The van der Waals surface area contributed by atoms with E-state index < -0.39 is 0 Å². The lowest BCUT2D eigenvalue weighted by molar-refractivity contribution is 0.367. The van der Waals surface area contributed by atoms with Gasteiger partial charge in [-0.2, -0.15) is 0 Å². The number of hydrogen-bond acceptors (Lipinski definition) is 2. The van der Waals surface area contributed by atoms with Gasteiger partial charge in [-0.25, -0.2) is 0 Å². The van der Waals surface area contributed by atoms with Gasteiger partial charge in [-0.05, 0) is 18.4 Å². The molecule has 2 nitrogen and oxygen atoms in total. The highest BCUT2D eigenvalue weighted by molar-refractivity contribution is 5.51. The lowest BCUT2D eigenvalue weighted by Crippen LogP contribution is -1.94. The second kappa shape index (κ2) is 3.69. The fourth-order valence-corrected chi connectivity index (χ4v) is 1.41. The van der Waals surface area contributed by atoms with E-state index >= 15 is 0 Å². The number of phenolic OH excluding ortho intramolecular Hbond substituents is 1. The van der Waals surface area contributed by atoms with Crippen molar-refractivity contribution in [2.45, 2.75) is 26.7 Å². The molecule has 0 spiro atoms. The first-order valence-electron chi connectivity index (χ1n) is 4.44. The Morgan fingerprint density at radius 1 is 1.31 bits per heavy atom. The molecule has 2 heteroatoms. The van der Waals surface area contributed by atoms with E-state index in [2.05, 4.69) is 0 Å². The molecule has 0 fully saturated rings. The molecular formula is C11H16O2. The smallest absolute Gasteiger partial charge is 0.163 e. The van der Waals surface area contributed by atoms with Crippen molar-refractivity contribution in [3.05, 3.63) is 23.3 Å². The molecule has 0 aliphatic rings. The summed E-state index contributed by atoms with van der Waals surface area (Å²) < 4.78 is 5.12. The minimum Gasteiger partial charge on any atom is -0.504 e. The number of phenols is 1. The lowest BCUT2D eigenvalue weighted by atomic mass is 10.00. The maximum atomic E-state index is 9.82. The molecule has 0 aliphatic carbocycles. The van der Waals surface area contributed by atoms with Gasteiger partial charge in [-0.1, -0.05) is 26.0 Å². The van der Waals surface area contributed by atoms with Crippen molar-refractivity contribution in [1.29, 1.82) is 0 Å². The summed E-state index contributed by atoms with van der Waals surface area (Å²) in [5.74, 6) is 1.18. The minimum atomic E-state index is 0.275. The van der Waals surface area contributed by atoms with Crippen molar-refractivity contribution in [2.75, 3.05) is 7.11 Å². The average molecular weight is 180 g/mol. The van der Waals surface area contributed by atoms with Gasteiger partial charge in [0.2, 0.25) is 0 Å². The molecule has 0 atom stereocenters. The largest absolute Gasteiger partial charge is 0.504 e. The number of ether oxygens (including phenoxy) is 1. The highest BCUT2D eigenvalue weighted by Crippen LogP contribution is 2.36. The van der Waals surface area contributed by atoms with Crippen LogP contribution in [0.3, 0.4) is 0 Å². The van der Waals surface area contributed by atoms with Crippen LogP contribution in [-0.4, -0.2) is 12.2 Å². The minimum absolute atomic E-state index is 0.275. The molecule has 0 saturated heterocycles. The Morgan fingerprint density at radius 2 is 1.92 bits per heavy atom. The molecule has 0 radical (unpaired) electrons. The third-order valence-electron chi connectivity index (χ3n) is 2.19. The lowest BCUT2D eigenvalue weighted by Gasteiger charge is -2.13. The Bertz CT molecular complexity index is 303. The van der Waals surface area contributed by atoms with Gasteiger partial charge in [0.25, 0.3) is 0 Å². The van der Waals surface area contributed by atoms with E-state index in [9.17, 15) is 5.11 Å². The van der Waals surface area contributed by atoms with E-state index in [1.807, 2.05) is 32.9 Å². The summed E-state index contributed by atoms with van der Waals surface area (Å²) in [5.41, 5.74) is 1.90. The topological polar surface area (TPSA) is 29.5 Å². The van der Waals surface area contributed by atoms with Crippen LogP contribution in [0.4, 0.5) is 0 Å². The molecule has 1 aromatic rings. The Hall–Kier alpha value is -1.18. The molecule has 0 aromatic heterocycles. The fourth-order valence-electron chi connectivity index (χ4n) is 1.41. The van der Waals surface area contributed by atoms with E-state index in [4.69, 9.17) is 4.74 Å². The van der Waals surface area contributed by atoms with Gasteiger partial charge in [-0.15, -0.1) is 0 Å². The van der Waals surface area contributed by atoms with Crippen LogP contribution in [0, 0.1) is 6.92 Å². The second-order valence-electron chi connectivity index (χ2n) is 3.51. The van der Waals surface area contributed by atoms with Crippen LogP contribution >= 0.6 is 0 Å². The average Bonchev–Trinajstić information content (AvgIpc) is 2.04. The molecule has 0 heterocycles. The number of aryl methyl sites for hydroxylation is 1. The predicted molar refractivity (Wildman–Crippen MR) is 53.5 cm³/mol. The summed E-state index contributed by atoms with van der Waals surface area (Å²) in [6, 6.07) is 3.91. The zero-order chi connectivity index (χ0) is 10.0. The van der Waals surface area contributed by atoms with Crippen molar-refractivity contribution >= 4 is 0 Å². The third-order valence-corrected chi connectivity index (χ3v) is 2.19. The Morgan fingerprint density at radius 3 is 2.38 bits per heavy atom. The zero-order valence-electron chi connectivity index (χ0n) is 8.59. The van der Waals surface area contributed by atoms with E-state index in [1.54, 1.807) is 7.11 Å². The SMILES string of the molecule is COc1c(C)ccc(C(C)C)c1O. The molecular weight excluding hydrogens is 164 g/mol. The van der Waals surface area contributed by atoms with Gasteiger partial charge < -0.3 is 9.84 Å². The van der Waals surface area contributed by atoms with Crippen LogP contribution in [-0.2, 0) is 0 Å².